The molecule has 1 unspecified atom stereocenters. The van der Waals surface area contributed by atoms with Crippen LogP contribution in [-0.2, 0) is 4.79 Å². The molecule has 82 valence electrons. The molecular formula is C11H21NO2. The van der Waals surface area contributed by atoms with Crippen molar-refractivity contribution in [3.8, 4) is 0 Å². The second kappa shape index (κ2) is 5.47. The van der Waals surface area contributed by atoms with E-state index in [4.69, 9.17) is 5.11 Å². The molecular weight excluding hydrogens is 178 g/mol. The van der Waals surface area contributed by atoms with Crippen molar-refractivity contribution in [2.75, 3.05) is 13.2 Å². The third-order valence-corrected chi connectivity index (χ3v) is 3.24. The Hall–Kier alpha value is -0.410. The summed E-state index contributed by atoms with van der Waals surface area (Å²) in [6.45, 7) is 4.35. The zero-order valence-electron chi connectivity index (χ0n) is 9.20. The molecule has 0 bridgehead atoms. The van der Waals surface area contributed by atoms with Gasteiger partial charge in [0.25, 0.3) is 0 Å². The van der Waals surface area contributed by atoms with Crippen LogP contribution in [0.3, 0.4) is 0 Å². The topological polar surface area (TPSA) is 40.5 Å². The molecule has 1 N–H and O–H groups in total. The molecule has 1 aliphatic carbocycles. The molecule has 0 radical (unpaired) electrons. The Balaban J connectivity index is 2.56. The predicted octanol–water partition coefficient (Wildman–Crippen LogP) is 1.20. The molecule has 0 aromatic carbocycles. The van der Waals surface area contributed by atoms with E-state index in [0.717, 1.165) is 0 Å². The summed E-state index contributed by atoms with van der Waals surface area (Å²) in [6.07, 6.45) is 4.88. The van der Waals surface area contributed by atoms with Gasteiger partial charge in [0.2, 0.25) is 0 Å². The first-order chi connectivity index (χ1) is 6.66. The molecule has 1 atom stereocenters. The summed E-state index contributed by atoms with van der Waals surface area (Å²) in [4.78, 5) is 13.5. The van der Waals surface area contributed by atoms with Gasteiger partial charge in [0, 0.05) is 12.6 Å². The van der Waals surface area contributed by atoms with Crippen LogP contribution in [0.1, 0.15) is 39.5 Å². The van der Waals surface area contributed by atoms with Crippen LogP contribution in [0.4, 0.5) is 0 Å². The van der Waals surface area contributed by atoms with Crippen LogP contribution in [0.15, 0.2) is 0 Å². The first-order valence-corrected chi connectivity index (χ1v) is 5.54. The van der Waals surface area contributed by atoms with Crippen LogP contribution in [0, 0.1) is 0 Å². The third-order valence-electron chi connectivity index (χ3n) is 3.24. The molecule has 0 heterocycles. The maximum absolute atomic E-state index is 11.3. The Morgan fingerprint density at radius 2 is 2.07 bits per heavy atom. The summed E-state index contributed by atoms with van der Waals surface area (Å²) >= 11 is 0. The number of nitrogens with zero attached hydrogens (tertiary/aromatic N) is 1. The average molecular weight is 199 g/mol. The molecule has 1 fully saturated rings. The van der Waals surface area contributed by atoms with Gasteiger partial charge < -0.3 is 5.11 Å². The standard InChI is InChI=1S/C11H21NO2/c1-9(10(2)14)12(7-8-13)11-5-3-4-6-11/h9,11,13H,3-8H2,1-2H3. The number of Topliss-reactive ketones (excluding diaryl/α,β-unsaturated/α-hetero) is 1. The van der Waals surface area contributed by atoms with Crippen molar-refractivity contribution in [3.05, 3.63) is 0 Å². The molecule has 3 heteroatoms. The van der Waals surface area contributed by atoms with Crippen molar-refractivity contribution in [2.24, 2.45) is 0 Å². The molecule has 1 rings (SSSR count). The molecule has 0 spiro atoms. The lowest BCUT2D eigenvalue weighted by molar-refractivity contribution is -0.122. The summed E-state index contributed by atoms with van der Waals surface area (Å²) in [5.74, 6) is 0.199. The monoisotopic (exact) mass is 199 g/mol. The van der Waals surface area contributed by atoms with E-state index in [-0.39, 0.29) is 18.4 Å². The highest BCUT2D eigenvalue weighted by atomic mass is 16.3. The van der Waals surface area contributed by atoms with Crippen molar-refractivity contribution >= 4 is 5.78 Å². The van der Waals surface area contributed by atoms with Gasteiger partial charge in [0.1, 0.15) is 5.78 Å². The molecule has 0 aromatic heterocycles. The number of ketones is 1. The van der Waals surface area contributed by atoms with Crippen LogP contribution in [0.25, 0.3) is 0 Å². The maximum Gasteiger partial charge on any atom is 0.146 e. The molecule has 0 saturated heterocycles. The fourth-order valence-electron chi connectivity index (χ4n) is 2.28. The normalized spacial score (nSPS) is 20.3. The highest BCUT2D eigenvalue weighted by Crippen LogP contribution is 2.24. The average Bonchev–Trinajstić information content (AvgIpc) is 2.65. The summed E-state index contributed by atoms with van der Waals surface area (Å²) in [5.41, 5.74) is 0. The van der Waals surface area contributed by atoms with Gasteiger partial charge in [-0.25, -0.2) is 0 Å². The summed E-state index contributed by atoms with van der Waals surface area (Å²) in [5, 5.41) is 8.97. The second-order valence-electron chi connectivity index (χ2n) is 4.19. The number of aliphatic hydroxyl groups is 1. The maximum atomic E-state index is 11.3. The Morgan fingerprint density at radius 3 is 2.50 bits per heavy atom. The van der Waals surface area contributed by atoms with Crippen LogP contribution in [0.5, 0.6) is 0 Å². The van der Waals surface area contributed by atoms with Crippen LogP contribution in [0.2, 0.25) is 0 Å². The third kappa shape index (κ3) is 2.79. The van der Waals surface area contributed by atoms with E-state index in [1.54, 1.807) is 6.92 Å². The van der Waals surface area contributed by atoms with Gasteiger partial charge >= 0.3 is 0 Å². The number of carbonyl (C=O) groups excluding carboxylic acids is 1. The van der Waals surface area contributed by atoms with E-state index in [9.17, 15) is 4.79 Å². The van der Waals surface area contributed by atoms with E-state index in [2.05, 4.69) is 4.90 Å². The van der Waals surface area contributed by atoms with E-state index in [1.165, 1.54) is 25.7 Å². The summed E-state index contributed by atoms with van der Waals surface area (Å²) < 4.78 is 0. The van der Waals surface area contributed by atoms with Gasteiger partial charge in [-0.1, -0.05) is 12.8 Å². The van der Waals surface area contributed by atoms with Crippen molar-refractivity contribution in [3.63, 3.8) is 0 Å². The lowest BCUT2D eigenvalue weighted by Gasteiger charge is -2.32. The number of rotatable bonds is 5. The van der Waals surface area contributed by atoms with Gasteiger partial charge in [-0.3, -0.25) is 9.69 Å². The predicted molar refractivity (Wildman–Crippen MR) is 56.2 cm³/mol. The number of carbonyl (C=O) groups is 1. The number of aliphatic hydroxyl groups excluding tert-OH is 1. The zero-order valence-corrected chi connectivity index (χ0v) is 9.20. The molecule has 1 saturated carbocycles. The number of hydrogen-bond donors (Lipinski definition) is 1. The lowest BCUT2D eigenvalue weighted by Crippen LogP contribution is -2.45. The van der Waals surface area contributed by atoms with Gasteiger partial charge in [0.05, 0.1) is 12.6 Å². The molecule has 14 heavy (non-hydrogen) atoms. The minimum atomic E-state index is -0.0368. The van der Waals surface area contributed by atoms with Gasteiger partial charge in [-0.15, -0.1) is 0 Å². The largest absolute Gasteiger partial charge is 0.395 e. The van der Waals surface area contributed by atoms with Crippen molar-refractivity contribution < 1.29 is 9.90 Å². The fraction of sp³-hybridized carbons (Fsp3) is 0.909. The number of hydrogen-bond acceptors (Lipinski definition) is 3. The second-order valence-corrected chi connectivity index (χ2v) is 4.19. The zero-order chi connectivity index (χ0) is 10.6. The van der Waals surface area contributed by atoms with E-state index in [0.29, 0.717) is 12.6 Å². The Labute approximate surface area is 86.1 Å². The van der Waals surface area contributed by atoms with E-state index >= 15 is 0 Å². The fourth-order valence-corrected chi connectivity index (χ4v) is 2.28. The van der Waals surface area contributed by atoms with Crippen molar-refractivity contribution in [1.29, 1.82) is 0 Å². The van der Waals surface area contributed by atoms with Gasteiger partial charge in [0.15, 0.2) is 0 Å². The van der Waals surface area contributed by atoms with Crippen LogP contribution in [-0.4, -0.2) is 41.0 Å². The van der Waals surface area contributed by atoms with E-state index < -0.39 is 0 Å². The SMILES string of the molecule is CC(=O)C(C)N(CCO)C1CCCC1. The summed E-state index contributed by atoms with van der Waals surface area (Å²) in [6, 6.07) is 0.478. The molecule has 0 aromatic rings. The minimum Gasteiger partial charge on any atom is -0.395 e. The van der Waals surface area contributed by atoms with Crippen molar-refractivity contribution in [1.82, 2.24) is 4.90 Å². The minimum absolute atomic E-state index is 0.0368. The quantitative estimate of drug-likeness (QED) is 0.723. The molecule has 3 nitrogen and oxygen atoms in total. The Kier molecular flexibility index (Phi) is 4.55. The summed E-state index contributed by atoms with van der Waals surface area (Å²) in [7, 11) is 0. The highest BCUT2D eigenvalue weighted by Gasteiger charge is 2.27. The highest BCUT2D eigenvalue weighted by molar-refractivity contribution is 5.81. The van der Waals surface area contributed by atoms with Crippen LogP contribution >= 0.6 is 0 Å². The molecule has 0 amide bonds. The Bertz CT molecular complexity index is 188. The van der Waals surface area contributed by atoms with Crippen molar-refractivity contribution in [2.45, 2.75) is 51.6 Å². The van der Waals surface area contributed by atoms with Gasteiger partial charge in [-0.05, 0) is 26.7 Å². The van der Waals surface area contributed by atoms with Gasteiger partial charge in [-0.2, -0.15) is 0 Å². The smallest absolute Gasteiger partial charge is 0.146 e. The first-order valence-electron chi connectivity index (χ1n) is 5.54. The van der Waals surface area contributed by atoms with Crippen LogP contribution < -0.4 is 0 Å². The molecule has 1 aliphatic rings. The molecule has 0 aliphatic heterocycles. The lowest BCUT2D eigenvalue weighted by atomic mass is 10.1. The van der Waals surface area contributed by atoms with E-state index in [1.807, 2.05) is 6.92 Å². The Morgan fingerprint density at radius 1 is 1.50 bits per heavy atom. The first kappa shape index (κ1) is 11.7.